The van der Waals surface area contributed by atoms with Crippen LogP contribution in [0.5, 0.6) is 0 Å². The summed E-state index contributed by atoms with van der Waals surface area (Å²) in [5.74, 6) is 1.37. The molecule has 2 rings (SSSR count). The zero-order valence-electron chi connectivity index (χ0n) is 18.6. The first-order valence-corrected chi connectivity index (χ1v) is 10.5. The van der Waals surface area contributed by atoms with Gasteiger partial charge in [0.15, 0.2) is 0 Å². The number of benzene rings is 1. The van der Waals surface area contributed by atoms with Crippen molar-refractivity contribution in [2.24, 2.45) is 4.99 Å². The number of hydrogen-bond acceptors (Lipinski definition) is 5. The number of aryl methyl sites for hydroxylation is 2. The summed E-state index contributed by atoms with van der Waals surface area (Å²) in [7, 11) is 0. The molecule has 0 aliphatic heterocycles. The maximum atomic E-state index is 12.6. The molecule has 0 fully saturated rings. The summed E-state index contributed by atoms with van der Waals surface area (Å²) < 4.78 is 17.8. The van der Waals surface area contributed by atoms with E-state index >= 15 is 0 Å². The Morgan fingerprint density at radius 3 is 2.66 bits per heavy atom. The first kappa shape index (κ1) is 24.8. The van der Waals surface area contributed by atoms with Crippen LogP contribution in [0.3, 0.4) is 0 Å². The molecule has 7 heteroatoms. The average Bonchev–Trinajstić information content (AvgIpc) is 3.21. The van der Waals surface area contributed by atoms with Gasteiger partial charge in [-0.3, -0.25) is 9.69 Å². The zero-order valence-corrected chi connectivity index (χ0v) is 18.6. The molecule has 170 valence electrons. The number of halogens is 1. The van der Waals surface area contributed by atoms with Crippen LogP contribution in [0.25, 0.3) is 11.3 Å². The highest BCUT2D eigenvalue weighted by Gasteiger charge is 2.19. The maximum absolute atomic E-state index is 12.6. The molecule has 0 radical (unpaired) electrons. The molecule has 1 N–H and O–H groups in total. The number of aliphatic imine (C=N–C) groups is 1. The van der Waals surface area contributed by atoms with Gasteiger partial charge in [-0.05, 0) is 44.7 Å². The number of amides is 1. The van der Waals surface area contributed by atoms with Gasteiger partial charge in [-0.15, -0.1) is 6.58 Å². The average molecular weight is 440 g/mol. The smallest absolute Gasteiger partial charge is 0.215 e. The Labute approximate surface area is 188 Å². The van der Waals surface area contributed by atoms with Crippen LogP contribution in [0.2, 0.25) is 0 Å². The number of aliphatic hydroxyl groups is 1. The first-order valence-electron chi connectivity index (χ1n) is 10.5. The largest absolute Gasteiger partial charge is 0.513 e. The number of carbonyl (C=O) groups is 1. The lowest BCUT2D eigenvalue weighted by Crippen LogP contribution is -2.38. The van der Waals surface area contributed by atoms with E-state index in [1.165, 1.54) is 11.0 Å². The highest BCUT2D eigenvalue weighted by molar-refractivity contribution is 5.93. The van der Waals surface area contributed by atoms with Crippen molar-refractivity contribution in [2.45, 2.75) is 52.0 Å². The van der Waals surface area contributed by atoms with Crippen molar-refractivity contribution in [2.75, 3.05) is 0 Å². The first-order chi connectivity index (χ1) is 15.4. The Morgan fingerprint density at radius 2 is 2.06 bits per heavy atom. The third-order valence-electron chi connectivity index (χ3n) is 5.01. The summed E-state index contributed by atoms with van der Waals surface area (Å²) in [6.45, 7) is 11.1. The molecule has 0 aliphatic rings. The summed E-state index contributed by atoms with van der Waals surface area (Å²) in [6.07, 6.45) is 6.72. The number of amidine groups is 1. The van der Waals surface area contributed by atoms with Gasteiger partial charge < -0.3 is 9.63 Å². The summed E-state index contributed by atoms with van der Waals surface area (Å²) in [4.78, 5) is 18.3. The predicted molar refractivity (Wildman–Crippen MR) is 125 cm³/mol. The van der Waals surface area contributed by atoms with Gasteiger partial charge in [0.05, 0.1) is 23.8 Å². The van der Waals surface area contributed by atoms with Gasteiger partial charge in [0, 0.05) is 24.5 Å². The normalized spacial score (nSPS) is 12.7. The third kappa shape index (κ3) is 7.04. The van der Waals surface area contributed by atoms with E-state index in [1.807, 2.05) is 38.1 Å². The molecule has 6 nitrogen and oxygen atoms in total. The molecule has 0 saturated heterocycles. The van der Waals surface area contributed by atoms with Crippen LogP contribution < -0.4 is 0 Å². The van der Waals surface area contributed by atoms with E-state index in [1.54, 1.807) is 6.08 Å². The van der Waals surface area contributed by atoms with Gasteiger partial charge in [0.2, 0.25) is 6.41 Å². The zero-order chi connectivity index (χ0) is 23.5. The minimum atomic E-state index is -0.437. The van der Waals surface area contributed by atoms with Crippen LogP contribution in [0.15, 0.2) is 71.2 Å². The number of aliphatic hydroxyl groups excluding tert-OH is 1. The van der Waals surface area contributed by atoms with E-state index in [4.69, 9.17) is 9.52 Å². The highest BCUT2D eigenvalue weighted by atomic mass is 19.1. The minimum absolute atomic E-state index is 0.124. The lowest BCUT2D eigenvalue weighted by molar-refractivity contribution is -0.115. The fourth-order valence-corrected chi connectivity index (χ4v) is 3.23. The van der Waals surface area contributed by atoms with Crippen molar-refractivity contribution >= 4 is 17.9 Å². The Hall–Kier alpha value is -3.48. The van der Waals surface area contributed by atoms with E-state index in [0.717, 1.165) is 11.1 Å². The molecular formula is C25H30FN3O3. The van der Waals surface area contributed by atoms with Gasteiger partial charge in [-0.25, -0.2) is 9.38 Å². The topological polar surface area (TPSA) is 78.9 Å². The molecule has 0 bridgehead atoms. The van der Waals surface area contributed by atoms with Crippen LogP contribution in [0, 0.1) is 13.8 Å². The number of aromatic nitrogens is 1. The maximum Gasteiger partial charge on any atom is 0.215 e. The van der Waals surface area contributed by atoms with Crippen molar-refractivity contribution in [3.8, 4) is 11.3 Å². The molecular weight excluding hydrogens is 409 g/mol. The molecule has 0 spiro atoms. The summed E-state index contributed by atoms with van der Waals surface area (Å²) in [5, 5.41) is 13.4. The molecule has 1 unspecified atom stereocenters. The van der Waals surface area contributed by atoms with Crippen molar-refractivity contribution in [3.05, 3.63) is 73.0 Å². The fourth-order valence-electron chi connectivity index (χ4n) is 3.23. The van der Waals surface area contributed by atoms with E-state index in [2.05, 4.69) is 18.3 Å². The van der Waals surface area contributed by atoms with Gasteiger partial charge in [0.1, 0.15) is 17.3 Å². The number of hydrogen-bond donors (Lipinski definition) is 1. The minimum Gasteiger partial charge on any atom is -0.513 e. The van der Waals surface area contributed by atoms with Crippen LogP contribution in [0.1, 0.15) is 43.4 Å². The lowest BCUT2D eigenvalue weighted by Gasteiger charge is -2.26. The second-order valence-electron chi connectivity index (χ2n) is 7.54. The van der Waals surface area contributed by atoms with Crippen LogP contribution >= 0.6 is 0 Å². The van der Waals surface area contributed by atoms with Gasteiger partial charge in [-0.1, -0.05) is 36.0 Å². The van der Waals surface area contributed by atoms with Gasteiger partial charge in [0.25, 0.3) is 0 Å². The summed E-state index contributed by atoms with van der Waals surface area (Å²) in [5.41, 5.74) is 3.17. The molecule has 1 aromatic heterocycles. The predicted octanol–water partition coefficient (Wildman–Crippen LogP) is 6.51. The van der Waals surface area contributed by atoms with E-state index < -0.39 is 6.04 Å². The van der Waals surface area contributed by atoms with Crippen LogP contribution in [0.4, 0.5) is 10.1 Å². The number of unbranched alkanes of at least 4 members (excludes halogenated alkanes) is 1. The molecule has 2 aromatic rings. The number of allylic oxidation sites excluding steroid dienone is 1. The van der Waals surface area contributed by atoms with E-state index in [-0.39, 0.29) is 12.2 Å². The van der Waals surface area contributed by atoms with Crippen molar-refractivity contribution in [3.63, 3.8) is 0 Å². The molecule has 0 saturated carbocycles. The molecule has 0 aliphatic carbocycles. The van der Waals surface area contributed by atoms with Crippen molar-refractivity contribution < 1.29 is 18.8 Å². The second kappa shape index (κ2) is 12.4. The Morgan fingerprint density at radius 1 is 1.31 bits per heavy atom. The standard InChI is InChI=1S/C25H30FN3O3/c1-5-22(10-8-14-26)29(17-30)25(11-7-6-9-19(3)31)27-23-16-21(13-12-18(23)2)24-15-20(4)32-28-24/h5,8,12-17,22,31H,1,3,6-7,9-11H2,2,4H3/b14-8+,27-25?. The van der Waals surface area contributed by atoms with Crippen LogP contribution in [-0.4, -0.2) is 33.5 Å². The monoisotopic (exact) mass is 439 g/mol. The highest BCUT2D eigenvalue weighted by Crippen LogP contribution is 2.28. The SMILES string of the molecule is C=CC(C/C=C/F)N(C=O)C(CCCCC(=C)O)=Nc1cc(-c2cc(C)on2)ccc1C. The van der Waals surface area contributed by atoms with Crippen molar-refractivity contribution in [1.29, 1.82) is 0 Å². The summed E-state index contributed by atoms with van der Waals surface area (Å²) in [6, 6.07) is 7.18. The lowest BCUT2D eigenvalue weighted by atomic mass is 10.1. The Kier molecular flexibility index (Phi) is 9.60. The molecule has 1 aromatic carbocycles. The fraction of sp³-hybridized carbons (Fsp3) is 0.320. The number of rotatable bonds is 12. The quantitative estimate of drug-likeness (QED) is 0.102. The second-order valence-corrected chi connectivity index (χ2v) is 7.54. The third-order valence-corrected chi connectivity index (χ3v) is 5.01. The van der Waals surface area contributed by atoms with Gasteiger partial charge >= 0.3 is 0 Å². The van der Waals surface area contributed by atoms with E-state index in [9.17, 15) is 14.3 Å². The van der Waals surface area contributed by atoms with Crippen LogP contribution in [-0.2, 0) is 4.79 Å². The number of nitrogens with zero attached hydrogens (tertiary/aromatic N) is 3. The summed E-state index contributed by atoms with van der Waals surface area (Å²) >= 11 is 0. The van der Waals surface area contributed by atoms with Gasteiger partial charge in [-0.2, -0.15) is 0 Å². The Bertz CT molecular complexity index is 994. The van der Waals surface area contributed by atoms with Crippen molar-refractivity contribution in [1.82, 2.24) is 10.1 Å². The molecule has 1 heterocycles. The number of carbonyl (C=O) groups excluding carboxylic acids is 1. The molecule has 32 heavy (non-hydrogen) atoms. The molecule has 1 amide bonds. The Balaban J connectivity index is 2.43. The van der Waals surface area contributed by atoms with E-state index in [0.29, 0.717) is 61.4 Å². The molecule has 1 atom stereocenters.